The quantitative estimate of drug-likeness (QED) is 0.580. The second-order valence-corrected chi connectivity index (χ2v) is 4.96. The molecule has 3 aromatic heterocycles. The van der Waals surface area contributed by atoms with Gasteiger partial charge in [-0.15, -0.1) is 5.10 Å². The third kappa shape index (κ3) is 1.82. The molecule has 21 heavy (non-hydrogen) atoms. The van der Waals surface area contributed by atoms with Crippen molar-refractivity contribution in [2.45, 2.75) is 6.92 Å². The van der Waals surface area contributed by atoms with E-state index in [4.69, 9.17) is 10.7 Å². The molecule has 0 aliphatic rings. The SMILES string of the molecule is Cc1c(-c2ccc3ccccc3n2)ccc2nc(N)nn12. The molecule has 3 heterocycles. The molecule has 2 N–H and O–H groups in total. The smallest absolute Gasteiger partial charge is 0.240 e. The molecule has 4 aromatic rings. The number of nitrogens with two attached hydrogens (primary N) is 1. The summed E-state index contributed by atoms with van der Waals surface area (Å²) in [6.45, 7) is 1.99. The van der Waals surface area contributed by atoms with Crippen LogP contribution in [0.25, 0.3) is 27.8 Å². The van der Waals surface area contributed by atoms with Crippen LogP contribution in [0.5, 0.6) is 0 Å². The van der Waals surface area contributed by atoms with E-state index in [1.54, 1.807) is 4.52 Å². The summed E-state index contributed by atoms with van der Waals surface area (Å²) in [5.41, 5.74) is 10.3. The number of rotatable bonds is 1. The summed E-state index contributed by atoms with van der Waals surface area (Å²) in [6.07, 6.45) is 0. The van der Waals surface area contributed by atoms with Crippen molar-refractivity contribution in [3.8, 4) is 11.3 Å². The molecule has 102 valence electrons. The lowest BCUT2D eigenvalue weighted by Gasteiger charge is -2.07. The van der Waals surface area contributed by atoms with E-state index >= 15 is 0 Å². The number of aromatic nitrogens is 4. The van der Waals surface area contributed by atoms with Gasteiger partial charge in [-0.3, -0.25) is 0 Å². The first-order valence-corrected chi connectivity index (χ1v) is 6.70. The first-order chi connectivity index (χ1) is 10.2. The lowest BCUT2D eigenvalue weighted by molar-refractivity contribution is 0.921. The average molecular weight is 275 g/mol. The highest BCUT2D eigenvalue weighted by Crippen LogP contribution is 2.24. The van der Waals surface area contributed by atoms with Crippen molar-refractivity contribution in [3.05, 3.63) is 54.2 Å². The zero-order valence-corrected chi connectivity index (χ0v) is 11.5. The minimum absolute atomic E-state index is 0.279. The summed E-state index contributed by atoms with van der Waals surface area (Å²) in [7, 11) is 0. The second-order valence-electron chi connectivity index (χ2n) is 4.96. The number of anilines is 1. The molecular weight excluding hydrogens is 262 g/mol. The fourth-order valence-electron chi connectivity index (χ4n) is 2.57. The summed E-state index contributed by atoms with van der Waals surface area (Å²) in [5.74, 6) is 0.279. The zero-order valence-electron chi connectivity index (χ0n) is 11.5. The Labute approximate surface area is 121 Å². The normalized spacial score (nSPS) is 11.3. The van der Waals surface area contributed by atoms with Crippen LogP contribution in [0, 0.1) is 6.92 Å². The minimum atomic E-state index is 0.279. The molecular formula is C16H13N5. The maximum Gasteiger partial charge on any atom is 0.240 e. The first kappa shape index (κ1) is 11.8. The standard InChI is InChI=1S/C16H13N5/c1-10-12(7-9-15-19-16(17)20-21(10)15)14-8-6-11-4-2-3-5-13(11)18-14/h2-9H,1H3,(H2,17,20). The molecule has 0 unspecified atom stereocenters. The Morgan fingerprint density at radius 1 is 0.952 bits per heavy atom. The fourth-order valence-corrected chi connectivity index (χ4v) is 2.57. The Morgan fingerprint density at radius 2 is 1.81 bits per heavy atom. The van der Waals surface area contributed by atoms with Crippen LogP contribution in [0.15, 0.2) is 48.5 Å². The van der Waals surface area contributed by atoms with Crippen LogP contribution in [-0.4, -0.2) is 19.6 Å². The number of hydrogen-bond donors (Lipinski definition) is 1. The molecule has 4 rings (SSSR count). The highest BCUT2D eigenvalue weighted by molar-refractivity contribution is 5.81. The fraction of sp³-hybridized carbons (Fsp3) is 0.0625. The van der Waals surface area contributed by atoms with E-state index in [-0.39, 0.29) is 5.95 Å². The minimum Gasteiger partial charge on any atom is -0.366 e. The van der Waals surface area contributed by atoms with Crippen molar-refractivity contribution in [2.75, 3.05) is 5.73 Å². The number of aryl methyl sites for hydroxylation is 1. The highest BCUT2D eigenvalue weighted by atomic mass is 15.3. The monoisotopic (exact) mass is 275 g/mol. The van der Waals surface area contributed by atoms with Gasteiger partial charge in [0.2, 0.25) is 5.95 Å². The molecule has 0 atom stereocenters. The molecule has 0 bridgehead atoms. The Bertz CT molecular complexity index is 971. The van der Waals surface area contributed by atoms with Crippen LogP contribution in [0.2, 0.25) is 0 Å². The molecule has 0 saturated carbocycles. The van der Waals surface area contributed by atoms with Gasteiger partial charge in [0.1, 0.15) is 0 Å². The van der Waals surface area contributed by atoms with Crippen LogP contribution in [0.3, 0.4) is 0 Å². The van der Waals surface area contributed by atoms with Crippen molar-refractivity contribution in [2.24, 2.45) is 0 Å². The van der Waals surface area contributed by atoms with Gasteiger partial charge in [-0.2, -0.15) is 4.98 Å². The van der Waals surface area contributed by atoms with E-state index in [1.807, 2.05) is 43.3 Å². The summed E-state index contributed by atoms with van der Waals surface area (Å²) in [4.78, 5) is 8.90. The van der Waals surface area contributed by atoms with Crippen molar-refractivity contribution >= 4 is 22.5 Å². The van der Waals surface area contributed by atoms with Gasteiger partial charge in [-0.1, -0.05) is 24.3 Å². The molecule has 5 heteroatoms. The maximum atomic E-state index is 5.66. The lowest BCUT2D eigenvalue weighted by atomic mass is 10.1. The van der Waals surface area contributed by atoms with Gasteiger partial charge in [0.25, 0.3) is 0 Å². The number of fused-ring (bicyclic) bond motifs is 2. The first-order valence-electron chi connectivity index (χ1n) is 6.70. The summed E-state index contributed by atoms with van der Waals surface area (Å²) < 4.78 is 1.75. The van der Waals surface area contributed by atoms with Gasteiger partial charge in [0.05, 0.1) is 16.9 Å². The Balaban J connectivity index is 1.97. The molecule has 0 aliphatic heterocycles. The van der Waals surface area contributed by atoms with E-state index in [0.29, 0.717) is 0 Å². The van der Waals surface area contributed by atoms with Crippen LogP contribution < -0.4 is 5.73 Å². The van der Waals surface area contributed by atoms with Gasteiger partial charge in [-0.25, -0.2) is 9.50 Å². The zero-order chi connectivity index (χ0) is 14.4. The van der Waals surface area contributed by atoms with Crippen molar-refractivity contribution in [1.29, 1.82) is 0 Å². The van der Waals surface area contributed by atoms with Gasteiger partial charge < -0.3 is 5.73 Å². The van der Waals surface area contributed by atoms with Gasteiger partial charge in [-0.05, 0) is 31.2 Å². The lowest BCUT2D eigenvalue weighted by Crippen LogP contribution is -1.98. The topological polar surface area (TPSA) is 69.1 Å². The van der Waals surface area contributed by atoms with E-state index in [2.05, 4.69) is 22.2 Å². The number of pyridine rings is 2. The van der Waals surface area contributed by atoms with E-state index in [9.17, 15) is 0 Å². The Morgan fingerprint density at radius 3 is 2.71 bits per heavy atom. The van der Waals surface area contributed by atoms with Gasteiger partial charge in [0, 0.05) is 10.9 Å². The summed E-state index contributed by atoms with van der Waals surface area (Å²) in [6, 6.07) is 16.1. The van der Waals surface area contributed by atoms with Gasteiger partial charge in [0.15, 0.2) is 5.65 Å². The third-order valence-electron chi connectivity index (χ3n) is 3.63. The number of para-hydroxylation sites is 1. The molecule has 0 radical (unpaired) electrons. The largest absolute Gasteiger partial charge is 0.366 e. The average Bonchev–Trinajstić information content (AvgIpc) is 2.89. The van der Waals surface area contributed by atoms with E-state index in [1.165, 1.54) is 0 Å². The van der Waals surface area contributed by atoms with E-state index in [0.717, 1.165) is 33.5 Å². The molecule has 1 aromatic carbocycles. The van der Waals surface area contributed by atoms with Crippen molar-refractivity contribution in [3.63, 3.8) is 0 Å². The van der Waals surface area contributed by atoms with Crippen molar-refractivity contribution < 1.29 is 0 Å². The van der Waals surface area contributed by atoms with Crippen LogP contribution in [0.1, 0.15) is 5.69 Å². The van der Waals surface area contributed by atoms with Gasteiger partial charge >= 0.3 is 0 Å². The van der Waals surface area contributed by atoms with Crippen LogP contribution in [-0.2, 0) is 0 Å². The number of nitrogens with zero attached hydrogens (tertiary/aromatic N) is 4. The molecule has 0 aliphatic carbocycles. The van der Waals surface area contributed by atoms with Crippen LogP contribution >= 0.6 is 0 Å². The second kappa shape index (κ2) is 4.28. The predicted octanol–water partition coefficient (Wildman–Crippen LogP) is 2.84. The number of benzene rings is 1. The third-order valence-corrected chi connectivity index (χ3v) is 3.63. The molecule has 0 amide bonds. The Hall–Kier alpha value is -2.95. The molecule has 0 saturated heterocycles. The number of nitrogen functional groups attached to an aromatic ring is 1. The summed E-state index contributed by atoms with van der Waals surface area (Å²) in [5, 5.41) is 5.35. The van der Waals surface area contributed by atoms with E-state index < -0.39 is 0 Å². The van der Waals surface area contributed by atoms with Crippen LogP contribution in [0.4, 0.5) is 5.95 Å². The molecule has 0 spiro atoms. The molecule has 0 fully saturated rings. The Kier molecular flexibility index (Phi) is 2.41. The maximum absolute atomic E-state index is 5.66. The highest BCUT2D eigenvalue weighted by Gasteiger charge is 2.10. The predicted molar refractivity (Wildman–Crippen MR) is 82.9 cm³/mol. The number of hydrogen-bond acceptors (Lipinski definition) is 4. The van der Waals surface area contributed by atoms with Crippen molar-refractivity contribution in [1.82, 2.24) is 19.6 Å². The summed E-state index contributed by atoms with van der Waals surface area (Å²) >= 11 is 0. The molecule has 5 nitrogen and oxygen atoms in total.